The molecule has 0 bridgehead atoms. The molecule has 0 spiro atoms. The van der Waals surface area contributed by atoms with Gasteiger partial charge in [0, 0.05) is 31.8 Å². The molecule has 1 fully saturated rings. The largest absolute Gasteiger partial charge is 0.340 e. The normalized spacial score (nSPS) is 15.1. The van der Waals surface area contributed by atoms with E-state index in [1.165, 1.54) is 0 Å². The smallest absolute Gasteiger partial charge is 0.226 e. The summed E-state index contributed by atoms with van der Waals surface area (Å²) >= 11 is 0. The minimum absolute atomic E-state index is 0. The van der Waals surface area contributed by atoms with Gasteiger partial charge in [0.25, 0.3) is 0 Å². The second-order valence-electron chi connectivity index (χ2n) is 6.28. The number of aromatic nitrogens is 2. The van der Waals surface area contributed by atoms with Crippen LogP contribution in [0.4, 0.5) is 0 Å². The fourth-order valence-electron chi connectivity index (χ4n) is 3.12. The van der Waals surface area contributed by atoms with Gasteiger partial charge in [-0.05, 0) is 45.2 Å². The van der Waals surface area contributed by atoms with Crippen molar-refractivity contribution in [3.05, 3.63) is 11.7 Å². The highest BCUT2D eigenvalue weighted by Gasteiger charge is 2.24. The zero-order valence-electron chi connectivity index (χ0n) is 14.9. The van der Waals surface area contributed by atoms with Crippen LogP contribution in [0.25, 0.3) is 0 Å². The van der Waals surface area contributed by atoms with Gasteiger partial charge < -0.3 is 14.7 Å². The molecular formula is C17H31ClN4O2. The first-order chi connectivity index (χ1) is 11.2. The molecule has 1 aromatic rings. The number of carbonyl (C=O) groups is 1. The van der Waals surface area contributed by atoms with E-state index < -0.39 is 0 Å². The van der Waals surface area contributed by atoms with Crippen LogP contribution in [0.2, 0.25) is 0 Å². The Morgan fingerprint density at radius 3 is 2.67 bits per heavy atom. The number of nitrogens with zero attached hydrogens (tertiary/aromatic N) is 3. The van der Waals surface area contributed by atoms with Crippen molar-refractivity contribution in [3.8, 4) is 0 Å². The van der Waals surface area contributed by atoms with Crippen LogP contribution >= 0.6 is 12.4 Å². The van der Waals surface area contributed by atoms with Crippen LogP contribution in [0.1, 0.15) is 64.1 Å². The van der Waals surface area contributed by atoms with Crippen LogP contribution in [0.3, 0.4) is 0 Å². The standard InChI is InChI=1S/C17H30N4O2.ClH/c1-3-6-15-19-16(23-20-15)7-5-8-17(22)21(13-4-2)14-9-11-18-12-10-14;/h14,18H,3-13H2,1-2H3;1H. The summed E-state index contributed by atoms with van der Waals surface area (Å²) in [5, 5.41) is 7.32. The number of rotatable bonds is 9. The molecule has 0 saturated carbocycles. The van der Waals surface area contributed by atoms with Gasteiger partial charge in [0.2, 0.25) is 11.8 Å². The van der Waals surface area contributed by atoms with E-state index in [0.29, 0.717) is 24.8 Å². The first kappa shape index (κ1) is 20.9. The Labute approximate surface area is 151 Å². The van der Waals surface area contributed by atoms with Gasteiger partial charge in [-0.2, -0.15) is 4.98 Å². The Bertz CT molecular complexity index is 475. The van der Waals surface area contributed by atoms with Crippen molar-refractivity contribution in [2.24, 2.45) is 0 Å². The minimum atomic E-state index is 0. The molecule has 24 heavy (non-hydrogen) atoms. The first-order valence-corrected chi connectivity index (χ1v) is 9.06. The number of hydrogen-bond donors (Lipinski definition) is 1. The van der Waals surface area contributed by atoms with Gasteiger partial charge in [0.05, 0.1) is 0 Å². The summed E-state index contributed by atoms with van der Waals surface area (Å²) in [6.07, 6.45) is 7.04. The van der Waals surface area contributed by atoms with Crippen LogP contribution in [0.15, 0.2) is 4.52 Å². The van der Waals surface area contributed by atoms with Crippen LogP contribution in [0, 0.1) is 0 Å². The summed E-state index contributed by atoms with van der Waals surface area (Å²) in [7, 11) is 0. The third-order valence-electron chi connectivity index (χ3n) is 4.30. The zero-order valence-corrected chi connectivity index (χ0v) is 15.7. The molecule has 1 aromatic heterocycles. The second-order valence-corrected chi connectivity index (χ2v) is 6.28. The van der Waals surface area contributed by atoms with Crippen molar-refractivity contribution >= 4 is 18.3 Å². The van der Waals surface area contributed by atoms with Crippen LogP contribution in [-0.2, 0) is 17.6 Å². The third-order valence-corrected chi connectivity index (χ3v) is 4.30. The first-order valence-electron chi connectivity index (χ1n) is 9.06. The summed E-state index contributed by atoms with van der Waals surface area (Å²) in [6.45, 7) is 7.12. The molecule has 0 aliphatic carbocycles. The molecule has 0 aromatic carbocycles. The van der Waals surface area contributed by atoms with E-state index in [9.17, 15) is 4.79 Å². The highest BCUT2D eigenvalue weighted by molar-refractivity contribution is 5.85. The fourth-order valence-corrected chi connectivity index (χ4v) is 3.12. The summed E-state index contributed by atoms with van der Waals surface area (Å²) in [6, 6.07) is 0.406. The number of halogens is 1. The summed E-state index contributed by atoms with van der Waals surface area (Å²) in [5.74, 6) is 1.70. The Balaban J connectivity index is 0.00000288. The van der Waals surface area contributed by atoms with E-state index in [0.717, 1.165) is 64.0 Å². The maximum Gasteiger partial charge on any atom is 0.226 e. The monoisotopic (exact) mass is 358 g/mol. The highest BCUT2D eigenvalue weighted by atomic mass is 35.5. The molecule has 1 aliphatic rings. The van der Waals surface area contributed by atoms with Crippen molar-refractivity contribution in [2.45, 2.75) is 71.3 Å². The average Bonchev–Trinajstić information content (AvgIpc) is 3.01. The topological polar surface area (TPSA) is 71.3 Å². The molecule has 1 N–H and O–H groups in total. The lowest BCUT2D eigenvalue weighted by Crippen LogP contribution is -2.46. The molecular weight excluding hydrogens is 328 g/mol. The predicted octanol–water partition coefficient (Wildman–Crippen LogP) is 2.76. The van der Waals surface area contributed by atoms with Crippen molar-refractivity contribution in [3.63, 3.8) is 0 Å². The van der Waals surface area contributed by atoms with Crippen molar-refractivity contribution < 1.29 is 9.32 Å². The number of piperidine rings is 1. The van der Waals surface area contributed by atoms with Gasteiger partial charge in [0.15, 0.2) is 5.82 Å². The number of nitrogens with one attached hydrogen (secondary N) is 1. The molecule has 0 atom stereocenters. The lowest BCUT2D eigenvalue weighted by molar-refractivity contribution is -0.134. The Morgan fingerprint density at radius 1 is 1.25 bits per heavy atom. The van der Waals surface area contributed by atoms with E-state index >= 15 is 0 Å². The summed E-state index contributed by atoms with van der Waals surface area (Å²) in [4.78, 5) is 19.0. The zero-order chi connectivity index (χ0) is 16.5. The number of carbonyl (C=O) groups excluding carboxylic acids is 1. The molecule has 1 amide bonds. The van der Waals surface area contributed by atoms with E-state index in [1.54, 1.807) is 0 Å². The van der Waals surface area contributed by atoms with Gasteiger partial charge in [-0.25, -0.2) is 0 Å². The molecule has 2 heterocycles. The van der Waals surface area contributed by atoms with Gasteiger partial charge in [0.1, 0.15) is 0 Å². The van der Waals surface area contributed by atoms with Crippen LogP contribution < -0.4 is 5.32 Å². The average molecular weight is 359 g/mol. The minimum Gasteiger partial charge on any atom is -0.340 e. The number of hydrogen-bond acceptors (Lipinski definition) is 5. The number of aryl methyl sites for hydroxylation is 2. The van der Waals surface area contributed by atoms with Gasteiger partial charge in [-0.15, -0.1) is 12.4 Å². The molecule has 2 rings (SSSR count). The summed E-state index contributed by atoms with van der Waals surface area (Å²) < 4.78 is 5.23. The quantitative estimate of drug-likeness (QED) is 0.734. The highest BCUT2D eigenvalue weighted by Crippen LogP contribution is 2.15. The lowest BCUT2D eigenvalue weighted by atomic mass is 10.0. The third kappa shape index (κ3) is 6.40. The fraction of sp³-hybridized carbons (Fsp3) is 0.824. The van der Waals surface area contributed by atoms with Crippen molar-refractivity contribution in [1.82, 2.24) is 20.4 Å². The Hall–Kier alpha value is -1.14. The van der Waals surface area contributed by atoms with Crippen molar-refractivity contribution in [1.29, 1.82) is 0 Å². The second kappa shape index (κ2) is 11.4. The molecule has 1 aliphatic heterocycles. The van der Waals surface area contributed by atoms with E-state index in [2.05, 4.69) is 34.2 Å². The maximum atomic E-state index is 12.6. The predicted molar refractivity (Wildman–Crippen MR) is 96.4 cm³/mol. The van der Waals surface area contributed by atoms with Gasteiger partial charge in [-0.1, -0.05) is 19.0 Å². The maximum absolute atomic E-state index is 12.6. The van der Waals surface area contributed by atoms with Crippen LogP contribution in [-0.4, -0.2) is 46.6 Å². The SMILES string of the molecule is CCCc1noc(CCCC(=O)N(CCC)C2CCNCC2)n1.Cl. The van der Waals surface area contributed by atoms with Gasteiger partial charge in [-0.3, -0.25) is 4.79 Å². The van der Waals surface area contributed by atoms with E-state index in [-0.39, 0.29) is 18.3 Å². The Morgan fingerprint density at radius 2 is 2.00 bits per heavy atom. The van der Waals surface area contributed by atoms with Crippen LogP contribution in [0.5, 0.6) is 0 Å². The van der Waals surface area contributed by atoms with E-state index in [1.807, 2.05) is 0 Å². The Kier molecular flexibility index (Phi) is 9.95. The lowest BCUT2D eigenvalue weighted by Gasteiger charge is -2.34. The van der Waals surface area contributed by atoms with E-state index in [4.69, 9.17) is 4.52 Å². The molecule has 6 nitrogen and oxygen atoms in total. The summed E-state index contributed by atoms with van der Waals surface area (Å²) in [5.41, 5.74) is 0. The van der Waals surface area contributed by atoms with Crippen molar-refractivity contribution in [2.75, 3.05) is 19.6 Å². The molecule has 138 valence electrons. The molecule has 0 radical (unpaired) electrons. The molecule has 7 heteroatoms. The number of amides is 1. The molecule has 1 saturated heterocycles. The molecule has 0 unspecified atom stereocenters. The van der Waals surface area contributed by atoms with Gasteiger partial charge >= 0.3 is 0 Å².